The number of rotatable bonds is 9. The van der Waals surface area contributed by atoms with E-state index in [0.717, 1.165) is 23.1 Å². The lowest BCUT2D eigenvalue weighted by molar-refractivity contribution is -0.148. The highest BCUT2D eigenvalue weighted by Crippen LogP contribution is 2.35. The molecule has 9 heteroatoms. The van der Waals surface area contributed by atoms with Crippen molar-refractivity contribution in [3.8, 4) is 0 Å². The van der Waals surface area contributed by atoms with E-state index in [1.165, 1.54) is 11.3 Å². The molecule has 0 unspecified atom stereocenters. The van der Waals surface area contributed by atoms with Gasteiger partial charge in [0.1, 0.15) is 24.5 Å². The minimum atomic E-state index is -0.787. The number of aryl methyl sites for hydroxylation is 1. The highest BCUT2D eigenvalue weighted by atomic mass is 32.1. The molecule has 0 radical (unpaired) electrons. The molecule has 160 valence electrons. The first-order valence-corrected chi connectivity index (χ1v) is 10.4. The summed E-state index contributed by atoms with van der Waals surface area (Å²) in [5.74, 6) is -1.52. The predicted octanol–water partition coefficient (Wildman–Crippen LogP) is 3.19. The summed E-state index contributed by atoms with van der Waals surface area (Å²) in [7, 11) is 0. The Balaban J connectivity index is 2.10. The molecule has 1 aromatic heterocycles. The Labute approximate surface area is 174 Å². The number of ether oxygens (including phenoxy) is 4. The molecular weight excluding hydrogens is 398 g/mol. The molecule has 1 atom stereocenters. The second kappa shape index (κ2) is 10.8. The first-order chi connectivity index (χ1) is 13.9. The molecule has 0 aromatic carbocycles. The Morgan fingerprint density at radius 3 is 2.59 bits per heavy atom. The number of carbonyl (C=O) groups excluding carboxylic acids is 3. The molecule has 8 nitrogen and oxygen atoms in total. The van der Waals surface area contributed by atoms with Crippen molar-refractivity contribution in [3.05, 3.63) is 28.0 Å². The lowest BCUT2D eigenvalue weighted by Crippen LogP contribution is -2.24. The fourth-order valence-corrected chi connectivity index (χ4v) is 3.75. The number of nitrogens with one attached hydrogen (secondary N) is 1. The minimum Gasteiger partial charge on any atom is -0.493 e. The van der Waals surface area contributed by atoms with Crippen LogP contribution in [0.1, 0.15) is 48.0 Å². The van der Waals surface area contributed by atoms with Gasteiger partial charge in [0.05, 0.1) is 12.2 Å². The highest BCUT2D eigenvalue weighted by molar-refractivity contribution is 7.16. The average Bonchev–Trinajstić information content (AvgIpc) is 3.01. The second-order valence-corrected chi connectivity index (χ2v) is 7.83. The lowest BCUT2D eigenvalue weighted by atomic mass is 9.96. The van der Waals surface area contributed by atoms with Gasteiger partial charge in [-0.1, -0.05) is 20.3 Å². The van der Waals surface area contributed by atoms with E-state index in [9.17, 15) is 14.4 Å². The molecule has 0 bridgehead atoms. The van der Waals surface area contributed by atoms with Gasteiger partial charge in [0.25, 0.3) is 5.91 Å². The first-order valence-electron chi connectivity index (χ1n) is 9.58. The fourth-order valence-electron chi connectivity index (χ4n) is 2.66. The topological polar surface area (TPSA) is 100 Å². The van der Waals surface area contributed by atoms with Gasteiger partial charge >= 0.3 is 11.9 Å². The summed E-state index contributed by atoms with van der Waals surface area (Å²) in [6.07, 6.45) is 2.84. The standard InChI is InChI=1S/C20H27NO7S/c1-5-12(3)9-14-13(4)29-18(17(14)20(24)26-6-2)21-16(22)11-28-19(23)15-10-25-7-8-27-15/h10,12H,5-9,11H2,1-4H3,(H,21,22)/t12-/m1/s1. The van der Waals surface area contributed by atoms with E-state index in [0.29, 0.717) is 29.5 Å². The number of hydrogen-bond donors (Lipinski definition) is 1. The molecule has 2 heterocycles. The van der Waals surface area contributed by atoms with Crippen LogP contribution in [0.5, 0.6) is 0 Å². The Morgan fingerprint density at radius 2 is 1.97 bits per heavy atom. The van der Waals surface area contributed by atoms with Crippen molar-refractivity contribution in [2.45, 2.75) is 40.5 Å². The number of carbonyl (C=O) groups is 3. The monoisotopic (exact) mass is 425 g/mol. The average molecular weight is 426 g/mol. The molecule has 29 heavy (non-hydrogen) atoms. The third-order valence-electron chi connectivity index (χ3n) is 4.38. The van der Waals surface area contributed by atoms with Gasteiger partial charge in [-0.05, 0) is 31.7 Å². The Kier molecular flexibility index (Phi) is 8.50. The van der Waals surface area contributed by atoms with Crippen molar-refractivity contribution in [1.29, 1.82) is 0 Å². The third-order valence-corrected chi connectivity index (χ3v) is 5.44. The molecule has 1 amide bonds. The van der Waals surface area contributed by atoms with E-state index in [-0.39, 0.29) is 19.0 Å². The van der Waals surface area contributed by atoms with Crippen LogP contribution in [0.25, 0.3) is 0 Å². The molecule has 2 rings (SSSR count). The second-order valence-electron chi connectivity index (χ2n) is 6.60. The zero-order valence-corrected chi connectivity index (χ0v) is 18.0. The van der Waals surface area contributed by atoms with Gasteiger partial charge in [-0.3, -0.25) is 4.79 Å². The zero-order valence-electron chi connectivity index (χ0n) is 17.2. The Morgan fingerprint density at radius 1 is 1.21 bits per heavy atom. The molecule has 1 aromatic rings. The maximum Gasteiger partial charge on any atom is 0.377 e. The van der Waals surface area contributed by atoms with Gasteiger partial charge < -0.3 is 24.3 Å². The van der Waals surface area contributed by atoms with Crippen LogP contribution < -0.4 is 5.32 Å². The normalized spacial score (nSPS) is 14.1. The van der Waals surface area contributed by atoms with E-state index >= 15 is 0 Å². The summed E-state index contributed by atoms with van der Waals surface area (Å²) in [6, 6.07) is 0. The van der Waals surface area contributed by atoms with Gasteiger partial charge in [0.15, 0.2) is 6.61 Å². The number of amides is 1. The Hall–Kier alpha value is -2.55. The number of thiophene rings is 1. The maximum atomic E-state index is 12.5. The predicted molar refractivity (Wildman–Crippen MR) is 108 cm³/mol. The zero-order chi connectivity index (χ0) is 21.4. The number of hydrogen-bond acceptors (Lipinski definition) is 8. The van der Waals surface area contributed by atoms with Gasteiger partial charge in [0, 0.05) is 4.88 Å². The van der Waals surface area contributed by atoms with Crippen LogP contribution >= 0.6 is 11.3 Å². The molecule has 0 spiro atoms. The van der Waals surface area contributed by atoms with Crippen molar-refractivity contribution in [3.63, 3.8) is 0 Å². The third kappa shape index (κ3) is 6.22. The summed E-state index contributed by atoms with van der Waals surface area (Å²) in [5, 5.41) is 3.07. The summed E-state index contributed by atoms with van der Waals surface area (Å²) in [6.45, 7) is 8.15. The lowest BCUT2D eigenvalue weighted by Gasteiger charge is -2.14. The number of anilines is 1. The Bertz CT molecular complexity index is 784. The van der Waals surface area contributed by atoms with E-state index < -0.39 is 24.5 Å². The van der Waals surface area contributed by atoms with Crippen LogP contribution in [0.3, 0.4) is 0 Å². The van der Waals surface area contributed by atoms with Crippen LogP contribution in [0.15, 0.2) is 12.0 Å². The van der Waals surface area contributed by atoms with Crippen LogP contribution in [-0.4, -0.2) is 44.3 Å². The fraction of sp³-hybridized carbons (Fsp3) is 0.550. The van der Waals surface area contributed by atoms with Gasteiger partial charge in [-0.2, -0.15) is 0 Å². The van der Waals surface area contributed by atoms with E-state index in [1.807, 2.05) is 6.92 Å². The van der Waals surface area contributed by atoms with Gasteiger partial charge in [-0.25, -0.2) is 9.59 Å². The summed E-state index contributed by atoms with van der Waals surface area (Å²) in [4.78, 5) is 37.7. The summed E-state index contributed by atoms with van der Waals surface area (Å²) in [5.41, 5.74) is 1.26. The minimum absolute atomic E-state index is 0.0842. The summed E-state index contributed by atoms with van der Waals surface area (Å²) >= 11 is 1.31. The quantitative estimate of drug-likeness (QED) is 0.607. The molecule has 0 aliphatic carbocycles. The molecule has 1 aliphatic heterocycles. The largest absolute Gasteiger partial charge is 0.493 e. The smallest absolute Gasteiger partial charge is 0.377 e. The molecule has 0 saturated carbocycles. The first kappa shape index (κ1) is 22.7. The van der Waals surface area contributed by atoms with Crippen molar-refractivity contribution in [2.24, 2.45) is 5.92 Å². The SMILES string of the molecule is CCOC(=O)c1c(NC(=O)COC(=O)C2=COCCO2)sc(C)c1C[C@H](C)CC. The van der Waals surface area contributed by atoms with Gasteiger partial charge in [-0.15, -0.1) is 11.3 Å². The van der Waals surface area contributed by atoms with Crippen molar-refractivity contribution in [2.75, 3.05) is 31.7 Å². The summed E-state index contributed by atoms with van der Waals surface area (Å²) < 4.78 is 20.2. The number of esters is 2. The molecule has 1 aliphatic rings. The van der Waals surface area contributed by atoms with Crippen LogP contribution in [0, 0.1) is 12.8 Å². The van der Waals surface area contributed by atoms with E-state index in [4.69, 9.17) is 18.9 Å². The molecule has 0 fully saturated rings. The highest BCUT2D eigenvalue weighted by Gasteiger charge is 2.26. The molecule has 0 saturated heterocycles. The maximum absolute atomic E-state index is 12.5. The van der Waals surface area contributed by atoms with Crippen LogP contribution in [0.2, 0.25) is 0 Å². The van der Waals surface area contributed by atoms with Gasteiger partial charge in [0.2, 0.25) is 5.76 Å². The van der Waals surface area contributed by atoms with Crippen molar-refractivity contribution >= 4 is 34.2 Å². The van der Waals surface area contributed by atoms with Crippen LogP contribution in [-0.2, 0) is 35.0 Å². The van der Waals surface area contributed by atoms with Crippen molar-refractivity contribution in [1.82, 2.24) is 0 Å². The molecular formula is C20H27NO7S. The van der Waals surface area contributed by atoms with E-state index in [2.05, 4.69) is 19.2 Å². The molecule has 1 N–H and O–H groups in total. The van der Waals surface area contributed by atoms with Crippen molar-refractivity contribution < 1.29 is 33.3 Å². The van der Waals surface area contributed by atoms with Crippen LogP contribution in [0.4, 0.5) is 5.00 Å². The van der Waals surface area contributed by atoms with E-state index in [1.54, 1.807) is 6.92 Å².